The Hall–Kier alpha value is -0.610. The lowest BCUT2D eigenvalue weighted by atomic mass is 9.95. The molecule has 1 fully saturated rings. The van der Waals surface area contributed by atoms with E-state index in [1.165, 1.54) is 0 Å². The number of hydrogen-bond acceptors (Lipinski definition) is 3. The van der Waals surface area contributed by atoms with Crippen LogP contribution in [0.25, 0.3) is 0 Å². The summed E-state index contributed by atoms with van der Waals surface area (Å²) in [4.78, 5) is 16.4. The van der Waals surface area contributed by atoms with Crippen molar-refractivity contribution in [2.45, 2.75) is 39.8 Å². The topological polar surface area (TPSA) is 43.8 Å². The molecule has 0 aromatic heterocycles. The van der Waals surface area contributed by atoms with Crippen LogP contribution in [0, 0.1) is 11.8 Å². The van der Waals surface area contributed by atoms with Crippen LogP contribution >= 0.6 is 0 Å². The second-order valence-corrected chi connectivity index (χ2v) is 5.64. The Labute approximate surface area is 105 Å². The number of aliphatic hydroxyl groups is 1. The molecule has 1 aliphatic rings. The molecule has 1 saturated heterocycles. The smallest absolute Gasteiger partial charge is 0.227 e. The lowest BCUT2D eigenvalue weighted by molar-refractivity contribution is -0.136. The molecule has 1 heterocycles. The lowest BCUT2D eigenvalue weighted by Gasteiger charge is -2.27. The quantitative estimate of drug-likeness (QED) is 0.793. The van der Waals surface area contributed by atoms with Crippen molar-refractivity contribution in [2.75, 3.05) is 26.7 Å². The standard InChI is InChI=1S/C13H26N2O2/c1-9(2)14(5)13(17)12-7-15(10(3)4)6-11(12)8-16/h9-12,16H,6-8H2,1-5H3. The number of likely N-dealkylation sites (tertiary alicyclic amines) is 1. The van der Waals surface area contributed by atoms with Crippen molar-refractivity contribution in [1.82, 2.24) is 9.80 Å². The van der Waals surface area contributed by atoms with E-state index in [0.717, 1.165) is 13.1 Å². The summed E-state index contributed by atoms with van der Waals surface area (Å²) in [5.74, 6) is 0.211. The highest BCUT2D eigenvalue weighted by Crippen LogP contribution is 2.26. The van der Waals surface area contributed by atoms with Gasteiger partial charge in [0, 0.05) is 44.7 Å². The van der Waals surface area contributed by atoms with Gasteiger partial charge in [0.1, 0.15) is 0 Å². The average Bonchev–Trinajstić information content (AvgIpc) is 2.70. The number of rotatable bonds is 4. The first-order valence-electron chi connectivity index (χ1n) is 6.50. The highest BCUT2D eigenvalue weighted by molar-refractivity contribution is 5.79. The molecule has 4 nitrogen and oxygen atoms in total. The minimum Gasteiger partial charge on any atom is -0.396 e. The Bertz CT molecular complexity index is 266. The van der Waals surface area contributed by atoms with E-state index < -0.39 is 0 Å². The van der Waals surface area contributed by atoms with E-state index in [2.05, 4.69) is 18.7 Å². The fraction of sp³-hybridized carbons (Fsp3) is 0.923. The van der Waals surface area contributed by atoms with Gasteiger partial charge < -0.3 is 10.0 Å². The first-order chi connectivity index (χ1) is 7.88. The van der Waals surface area contributed by atoms with Gasteiger partial charge >= 0.3 is 0 Å². The molecule has 0 aromatic carbocycles. The van der Waals surface area contributed by atoms with Crippen LogP contribution in [0.4, 0.5) is 0 Å². The van der Waals surface area contributed by atoms with Gasteiger partial charge in [0.2, 0.25) is 5.91 Å². The fourth-order valence-corrected chi connectivity index (χ4v) is 2.31. The number of nitrogens with zero attached hydrogens (tertiary/aromatic N) is 2. The highest BCUT2D eigenvalue weighted by Gasteiger charge is 2.39. The summed E-state index contributed by atoms with van der Waals surface area (Å²) in [6.45, 7) is 10.0. The molecule has 1 N–H and O–H groups in total. The van der Waals surface area contributed by atoms with Gasteiger partial charge in [-0.05, 0) is 27.7 Å². The molecule has 4 heteroatoms. The van der Waals surface area contributed by atoms with E-state index in [1.54, 1.807) is 4.90 Å². The minimum absolute atomic E-state index is 0.0465. The number of carbonyl (C=O) groups excluding carboxylic acids is 1. The van der Waals surface area contributed by atoms with Crippen LogP contribution < -0.4 is 0 Å². The zero-order chi connectivity index (χ0) is 13.2. The van der Waals surface area contributed by atoms with Crippen LogP contribution in [0.5, 0.6) is 0 Å². The minimum atomic E-state index is -0.0465. The Morgan fingerprint density at radius 3 is 2.35 bits per heavy atom. The van der Waals surface area contributed by atoms with E-state index in [0.29, 0.717) is 6.04 Å². The third kappa shape index (κ3) is 3.19. The van der Waals surface area contributed by atoms with Gasteiger partial charge in [0.25, 0.3) is 0 Å². The summed E-state index contributed by atoms with van der Waals surface area (Å²) in [6.07, 6.45) is 0. The van der Waals surface area contributed by atoms with Gasteiger partial charge in [0.05, 0.1) is 5.92 Å². The molecule has 1 rings (SSSR count). The third-order valence-corrected chi connectivity index (χ3v) is 3.87. The Morgan fingerprint density at radius 2 is 1.94 bits per heavy atom. The van der Waals surface area contributed by atoms with Crippen LogP contribution in [0.3, 0.4) is 0 Å². The summed E-state index contributed by atoms with van der Waals surface area (Å²) in [7, 11) is 1.85. The maximum Gasteiger partial charge on any atom is 0.227 e. The van der Waals surface area contributed by atoms with Crippen molar-refractivity contribution < 1.29 is 9.90 Å². The fourth-order valence-electron chi connectivity index (χ4n) is 2.31. The first-order valence-corrected chi connectivity index (χ1v) is 6.50. The summed E-state index contributed by atoms with van der Waals surface area (Å²) in [5.41, 5.74) is 0. The van der Waals surface area contributed by atoms with Gasteiger partial charge in [-0.3, -0.25) is 9.69 Å². The molecule has 2 unspecified atom stereocenters. The SMILES string of the molecule is CC(C)N1CC(CO)C(C(=O)N(C)C(C)C)C1. The van der Waals surface area contributed by atoms with Crippen molar-refractivity contribution >= 4 is 5.91 Å². The molecule has 0 bridgehead atoms. The molecule has 1 aliphatic heterocycles. The van der Waals surface area contributed by atoms with Crippen LogP contribution in [-0.2, 0) is 4.79 Å². The van der Waals surface area contributed by atoms with Crippen molar-refractivity contribution in [3.63, 3.8) is 0 Å². The largest absolute Gasteiger partial charge is 0.396 e. The molecule has 0 saturated carbocycles. The van der Waals surface area contributed by atoms with E-state index in [-0.39, 0.29) is 30.4 Å². The molecule has 0 spiro atoms. The molecule has 17 heavy (non-hydrogen) atoms. The number of amides is 1. The molecule has 0 radical (unpaired) electrons. The molecule has 2 atom stereocenters. The van der Waals surface area contributed by atoms with E-state index >= 15 is 0 Å². The molecule has 0 aromatic rings. The summed E-state index contributed by atoms with van der Waals surface area (Å²) in [5, 5.41) is 9.41. The van der Waals surface area contributed by atoms with Crippen LogP contribution in [0.15, 0.2) is 0 Å². The van der Waals surface area contributed by atoms with E-state index in [9.17, 15) is 9.90 Å². The van der Waals surface area contributed by atoms with E-state index in [1.807, 2.05) is 20.9 Å². The predicted molar refractivity (Wildman–Crippen MR) is 68.7 cm³/mol. The zero-order valence-corrected chi connectivity index (χ0v) is 11.7. The monoisotopic (exact) mass is 242 g/mol. The second-order valence-electron chi connectivity index (χ2n) is 5.64. The molecule has 0 aliphatic carbocycles. The molecular weight excluding hydrogens is 216 g/mol. The van der Waals surface area contributed by atoms with Crippen molar-refractivity contribution in [2.24, 2.45) is 11.8 Å². The van der Waals surface area contributed by atoms with Gasteiger partial charge in [-0.2, -0.15) is 0 Å². The van der Waals surface area contributed by atoms with Gasteiger partial charge in [-0.15, -0.1) is 0 Å². The summed E-state index contributed by atoms with van der Waals surface area (Å²) < 4.78 is 0. The first kappa shape index (κ1) is 14.5. The maximum absolute atomic E-state index is 12.3. The van der Waals surface area contributed by atoms with Gasteiger partial charge in [0.15, 0.2) is 0 Å². The molecular formula is C13H26N2O2. The lowest BCUT2D eigenvalue weighted by Crippen LogP contribution is -2.41. The number of carbonyl (C=O) groups is 1. The Balaban J connectivity index is 2.72. The van der Waals surface area contributed by atoms with Crippen molar-refractivity contribution in [3.8, 4) is 0 Å². The highest BCUT2D eigenvalue weighted by atomic mass is 16.3. The molecule has 100 valence electrons. The normalized spacial score (nSPS) is 25.9. The Morgan fingerprint density at radius 1 is 1.35 bits per heavy atom. The van der Waals surface area contributed by atoms with Gasteiger partial charge in [-0.25, -0.2) is 0 Å². The summed E-state index contributed by atoms with van der Waals surface area (Å²) in [6, 6.07) is 0.654. The predicted octanol–water partition coefficient (Wildman–Crippen LogP) is 0.802. The second kappa shape index (κ2) is 5.83. The van der Waals surface area contributed by atoms with Crippen LogP contribution in [0.2, 0.25) is 0 Å². The number of hydrogen-bond donors (Lipinski definition) is 1. The van der Waals surface area contributed by atoms with Crippen LogP contribution in [0.1, 0.15) is 27.7 Å². The Kier molecular flexibility index (Phi) is 4.95. The van der Waals surface area contributed by atoms with Gasteiger partial charge in [-0.1, -0.05) is 0 Å². The molecule has 1 amide bonds. The average molecular weight is 242 g/mol. The summed E-state index contributed by atoms with van der Waals surface area (Å²) >= 11 is 0. The zero-order valence-electron chi connectivity index (χ0n) is 11.7. The van der Waals surface area contributed by atoms with Crippen molar-refractivity contribution in [3.05, 3.63) is 0 Å². The third-order valence-electron chi connectivity index (χ3n) is 3.87. The van der Waals surface area contributed by atoms with E-state index in [4.69, 9.17) is 0 Å². The van der Waals surface area contributed by atoms with Crippen molar-refractivity contribution in [1.29, 1.82) is 0 Å². The maximum atomic E-state index is 12.3. The van der Waals surface area contributed by atoms with Crippen LogP contribution in [-0.4, -0.2) is 59.6 Å². The number of aliphatic hydroxyl groups excluding tert-OH is 1.